The summed E-state index contributed by atoms with van der Waals surface area (Å²) in [6.45, 7) is 1.75. The molecule has 1 rings (SSSR count). The summed E-state index contributed by atoms with van der Waals surface area (Å²) >= 11 is 4.54. The van der Waals surface area contributed by atoms with Crippen LogP contribution in [0, 0.1) is 6.92 Å². The number of benzene rings is 1. The van der Waals surface area contributed by atoms with Gasteiger partial charge in [-0.1, -0.05) is 29.3 Å². The highest BCUT2D eigenvalue weighted by Gasteiger charge is 2.61. The molecular weight excluding hydrogens is 262 g/mol. The maximum Gasteiger partial charge on any atom is 0.446 e. The molecule has 0 heterocycles. The maximum atomic E-state index is 13.0. The van der Waals surface area contributed by atoms with E-state index in [0.29, 0.717) is 0 Å². The number of carbonyl (C=O) groups is 1. The van der Waals surface area contributed by atoms with E-state index in [1.165, 1.54) is 12.1 Å². The van der Waals surface area contributed by atoms with Gasteiger partial charge in [-0.15, -0.1) is 0 Å². The molecule has 0 saturated carbocycles. The monoisotopic (exact) mass is 269 g/mol. The Bertz CT molecular complexity index is 413. The van der Waals surface area contributed by atoms with Gasteiger partial charge in [0.2, 0.25) is 0 Å². The standard InChI is InChI=1S/C10H8ClF4NO/c1-6-2-4-7(5-3-6)16-8(17)9(11,12)10(13,14)15/h2-5H,1H3,(H,16,17). The number of aryl methyl sites for hydroxylation is 1. The minimum atomic E-state index is -5.47. The van der Waals surface area contributed by atoms with Crippen LogP contribution in [0.15, 0.2) is 24.3 Å². The van der Waals surface area contributed by atoms with Crippen molar-refractivity contribution in [3.05, 3.63) is 29.8 Å². The lowest BCUT2D eigenvalue weighted by Gasteiger charge is -2.20. The summed E-state index contributed by atoms with van der Waals surface area (Å²) in [6.07, 6.45) is -5.47. The molecule has 0 fully saturated rings. The van der Waals surface area contributed by atoms with Gasteiger partial charge < -0.3 is 5.32 Å². The third-order valence-corrected chi connectivity index (χ3v) is 2.34. The number of anilines is 1. The van der Waals surface area contributed by atoms with E-state index in [4.69, 9.17) is 0 Å². The summed E-state index contributed by atoms with van der Waals surface area (Å²) in [4.78, 5) is 11.0. The summed E-state index contributed by atoms with van der Waals surface area (Å²) < 4.78 is 49.2. The van der Waals surface area contributed by atoms with E-state index in [0.717, 1.165) is 5.56 Å². The molecule has 1 aromatic rings. The number of carbonyl (C=O) groups excluding carboxylic acids is 1. The highest BCUT2D eigenvalue weighted by Crippen LogP contribution is 2.38. The van der Waals surface area contributed by atoms with Crippen LogP contribution in [-0.4, -0.2) is 17.2 Å². The minimum absolute atomic E-state index is 0.0347. The average molecular weight is 270 g/mol. The van der Waals surface area contributed by atoms with E-state index in [-0.39, 0.29) is 5.69 Å². The van der Waals surface area contributed by atoms with E-state index in [1.807, 2.05) is 0 Å². The molecule has 17 heavy (non-hydrogen) atoms. The van der Waals surface area contributed by atoms with Crippen LogP contribution in [0.1, 0.15) is 5.56 Å². The van der Waals surface area contributed by atoms with Crippen LogP contribution < -0.4 is 5.32 Å². The van der Waals surface area contributed by atoms with Crippen LogP contribution in [0.5, 0.6) is 0 Å². The number of halogens is 5. The Hall–Kier alpha value is -1.30. The van der Waals surface area contributed by atoms with Gasteiger partial charge in [0.15, 0.2) is 0 Å². The fraction of sp³-hybridized carbons (Fsp3) is 0.300. The molecule has 7 heteroatoms. The Balaban J connectivity index is 2.83. The van der Waals surface area contributed by atoms with Gasteiger partial charge in [-0.2, -0.15) is 13.2 Å². The largest absolute Gasteiger partial charge is 0.446 e. The molecule has 1 unspecified atom stereocenters. The first kappa shape index (κ1) is 13.8. The van der Waals surface area contributed by atoms with E-state index >= 15 is 0 Å². The highest BCUT2D eigenvalue weighted by atomic mass is 35.5. The summed E-state index contributed by atoms with van der Waals surface area (Å²) in [5.41, 5.74) is 0.878. The van der Waals surface area contributed by atoms with E-state index in [2.05, 4.69) is 11.6 Å². The van der Waals surface area contributed by atoms with E-state index < -0.39 is 17.2 Å². The van der Waals surface area contributed by atoms with Crippen molar-refractivity contribution >= 4 is 23.2 Å². The molecule has 0 bridgehead atoms. The Morgan fingerprint density at radius 3 is 2.06 bits per heavy atom. The summed E-state index contributed by atoms with van der Waals surface area (Å²) in [6, 6.07) is 5.79. The first-order valence-corrected chi connectivity index (χ1v) is 4.85. The molecule has 1 atom stereocenters. The van der Waals surface area contributed by atoms with Crippen LogP contribution in [-0.2, 0) is 4.79 Å². The number of hydrogen-bond donors (Lipinski definition) is 1. The highest BCUT2D eigenvalue weighted by molar-refractivity contribution is 6.36. The van der Waals surface area contributed by atoms with Crippen molar-refractivity contribution in [2.45, 2.75) is 18.2 Å². The third-order valence-electron chi connectivity index (χ3n) is 1.95. The van der Waals surface area contributed by atoms with Crippen LogP contribution >= 0.6 is 11.6 Å². The van der Waals surface area contributed by atoms with Crippen LogP contribution in [0.2, 0.25) is 0 Å². The first-order valence-electron chi connectivity index (χ1n) is 4.47. The number of amides is 1. The van der Waals surface area contributed by atoms with Crippen LogP contribution in [0.3, 0.4) is 0 Å². The maximum absolute atomic E-state index is 13.0. The second-order valence-corrected chi connectivity index (χ2v) is 3.91. The quantitative estimate of drug-likeness (QED) is 0.647. The summed E-state index contributed by atoms with van der Waals surface area (Å²) in [5.74, 6) is -1.96. The van der Waals surface area contributed by atoms with E-state index in [9.17, 15) is 22.4 Å². The van der Waals surface area contributed by atoms with Crippen LogP contribution in [0.25, 0.3) is 0 Å². The molecule has 0 aliphatic carbocycles. The van der Waals surface area contributed by atoms with Crippen molar-refractivity contribution in [3.8, 4) is 0 Å². The van der Waals surface area contributed by atoms with Gasteiger partial charge in [-0.05, 0) is 19.1 Å². The summed E-state index contributed by atoms with van der Waals surface area (Å²) in [7, 11) is 0. The Labute approximate surface area is 99.6 Å². The van der Waals surface area contributed by atoms with Crippen LogP contribution in [0.4, 0.5) is 23.2 Å². The Morgan fingerprint density at radius 1 is 1.18 bits per heavy atom. The Morgan fingerprint density at radius 2 is 1.65 bits per heavy atom. The van der Waals surface area contributed by atoms with Gasteiger partial charge in [0.25, 0.3) is 5.91 Å². The van der Waals surface area contributed by atoms with Crippen molar-refractivity contribution < 1.29 is 22.4 Å². The smallest absolute Gasteiger partial charge is 0.322 e. The summed E-state index contributed by atoms with van der Waals surface area (Å²) in [5, 5.41) is -2.68. The van der Waals surface area contributed by atoms with Gasteiger partial charge in [0.05, 0.1) is 0 Å². The molecular formula is C10H8ClF4NO. The Kier molecular flexibility index (Phi) is 3.66. The lowest BCUT2D eigenvalue weighted by Crippen LogP contribution is -2.46. The molecule has 1 aromatic carbocycles. The van der Waals surface area contributed by atoms with Crippen molar-refractivity contribution in [1.82, 2.24) is 0 Å². The van der Waals surface area contributed by atoms with Gasteiger partial charge in [-0.3, -0.25) is 4.79 Å². The normalized spacial score (nSPS) is 15.2. The van der Waals surface area contributed by atoms with Gasteiger partial charge in [-0.25, -0.2) is 4.39 Å². The zero-order valence-electron chi connectivity index (χ0n) is 8.61. The molecule has 0 aliphatic heterocycles. The predicted octanol–water partition coefficient (Wildman–Crippen LogP) is 3.40. The molecule has 0 spiro atoms. The zero-order chi connectivity index (χ0) is 13.3. The molecule has 0 aliphatic rings. The van der Waals surface area contributed by atoms with Gasteiger partial charge in [0.1, 0.15) is 0 Å². The molecule has 0 radical (unpaired) electrons. The topological polar surface area (TPSA) is 29.1 Å². The number of alkyl halides is 5. The SMILES string of the molecule is Cc1ccc(NC(=O)C(F)(Cl)C(F)(F)F)cc1. The fourth-order valence-corrected chi connectivity index (χ4v) is 1.02. The van der Waals surface area contributed by atoms with Gasteiger partial charge in [0, 0.05) is 5.69 Å². The van der Waals surface area contributed by atoms with Crippen molar-refractivity contribution in [1.29, 1.82) is 0 Å². The minimum Gasteiger partial charge on any atom is -0.322 e. The lowest BCUT2D eigenvalue weighted by molar-refractivity contribution is -0.197. The molecule has 0 aromatic heterocycles. The number of rotatable bonds is 2. The zero-order valence-corrected chi connectivity index (χ0v) is 9.36. The van der Waals surface area contributed by atoms with Crippen molar-refractivity contribution in [2.24, 2.45) is 0 Å². The second-order valence-electron chi connectivity index (χ2n) is 3.39. The average Bonchev–Trinajstić information content (AvgIpc) is 2.19. The number of nitrogens with one attached hydrogen (secondary N) is 1. The predicted molar refractivity (Wildman–Crippen MR) is 55.6 cm³/mol. The van der Waals surface area contributed by atoms with Gasteiger partial charge >= 0.3 is 11.3 Å². The van der Waals surface area contributed by atoms with Crippen molar-refractivity contribution in [2.75, 3.05) is 5.32 Å². The molecule has 1 N–H and O–H groups in total. The molecule has 0 saturated heterocycles. The first-order chi connectivity index (χ1) is 7.64. The second kappa shape index (κ2) is 4.52. The number of hydrogen-bond acceptors (Lipinski definition) is 1. The lowest BCUT2D eigenvalue weighted by atomic mass is 10.2. The molecule has 1 amide bonds. The fourth-order valence-electron chi connectivity index (χ4n) is 0.975. The molecule has 94 valence electrons. The third kappa shape index (κ3) is 3.09. The van der Waals surface area contributed by atoms with Crippen molar-refractivity contribution in [3.63, 3.8) is 0 Å². The molecule has 2 nitrogen and oxygen atoms in total. The van der Waals surface area contributed by atoms with E-state index in [1.54, 1.807) is 24.4 Å².